The largest absolute Gasteiger partial charge is 0.342 e. The van der Waals surface area contributed by atoms with Crippen molar-refractivity contribution in [1.29, 1.82) is 0 Å². The number of aryl methyl sites for hydroxylation is 2. The van der Waals surface area contributed by atoms with Crippen LogP contribution in [0, 0.1) is 12.8 Å². The van der Waals surface area contributed by atoms with Gasteiger partial charge in [0, 0.05) is 32.6 Å². The predicted molar refractivity (Wildman–Crippen MR) is 113 cm³/mol. The molecule has 0 spiro atoms. The first-order chi connectivity index (χ1) is 13.5. The van der Waals surface area contributed by atoms with Gasteiger partial charge in [0.05, 0.1) is 11.6 Å². The summed E-state index contributed by atoms with van der Waals surface area (Å²) >= 11 is 0. The van der Waals surface area contributed by atoms with E-state index in [1.807, 2.05) is 24.9 Å². The third-order valence-corrected chi connectivity index (χ3v) is 5.66. The van der Waals surface area contributed by atoms with Crippen molar-refractivity contribution in [3.8, 4) is 0 Å². The molecular formula is C22H38N4O2. The maximum Gasteiger partial charge on any atom is 0.230 e. The number of nitrogens with zero attached hydrogens (tertiary/aromatic N) is 3. The van der Waals surface area contributed by atoms with Crippen molar-refractivity contribution in [2.75, 3.05) is 18.4 Å². The second kappa shape index (κ2) is 11.9. The van der Waals surface area contributed by atoms with Gasteiger partial charge in [0.25, 0.3) is 0 Å². The second-order valence-corrected chi connectivity index (χ2v) is 8.19. The first kappa shape index (κ1) is 22.4. The minimum absolute atomic E-state index is 0.0126. The Labute approximate surface area is 170 Å². The molecule has 1 atom stereocenters. The molecule has 6 nitrogen and oxygen atoms in total. The third-order valence-electron chi connectivity index (χ3n) is 5.66. The van der Waals surface area contributed by atoms with Gasteiger partial charge in [-0.25, -0.2) is 0 Å². The third kappa shape index (κ3) is 7.28. The van der Waals surface area contributed by atoms with Gasteiger partial charge in [0.1, 0.15) is 5.82 Å². The van der Waals surface area contributed by atoms with Gasteiger partial charge in [0.2, 0.25) is 11.8 Å². The molecule has 1 aliphatic heterocycles. The highest BCUT2D eigenvalue weighted by molar-refractivity contribution is 5.92. The van der Waals surface area contributed by atoms with Crippen LogP contribution >= 0.6 is 0 Å². The number of amides is 2. The van der Waals surface area contributed by atoms with E-state index in [9.17, 15) is 9.59 Å². The Morgan fingerprint density at radius 3 is 2.36 bits per heavy atom. The number of anilines is 1. The molecule has 2 rings (SSSR count). The van der Waals surface area contributed by atoms with Gasteiger partial charge >= 0.3 is 0 Å². The zero-order chi connectivity index (χ0) is 20.4. The number of rotatable bonds is 12. The summed E-state index contributed by atoms with van der Waals surface area (Å²) < 4.78 is 1.68. The van der Waals surface area contributed by atoms with Crippen LogP contribution in [0.3, 0.4) is 0 Å². The molecule has 1 saturated heterocycles. The molecule has 0 radical (unpaired) electrons. The smallest absolute Gasteiger partial charge is 0.230 e. The molecule has 1 aliphatic rings. The van der Waals surface area contributed by atoms with Crippen LogP contribution in [0.25, 0.3) is 0 Å². The van der Waals surface area contributed by atoms with E-state index < -0.39 is 0 Å². The number of carbonyl (C=O) groups is 2. The van der Waals surface area contributed by atoms with Gasteiger partial charge in [0.15, 0.2) is 0 Å². The van der Waals surface area contributed by atoms with Crippen molar-refractivity contribution in [1.82, 2.24) is 14.7 Å². The monoisotopic (exact) mass is 390 g/mol. The number of carbonyl (C=O) groups excluding carboxylic acids is 2. The highest BCUT2D eigenvalue weighted by Crippen LogP contribution is 2.20. The maximum atomic E-state index is 12.5. The Kier molecular flexibility index (Phi) is 9.51. The number of aromatic nitrogens is 2. The predicted octanol–water partition coefficient (Wildman–Crippen LogP) is 4.44. The van der Waals surface area contributed by atoms with Crippen LogP contribution in [0.1, 0.15) is 83.2 Å². The van der Waals surface area contributed by atoms with E-state index in [1.54, 1.807) is 4.68 Å². The van der Waals surface area contributed by atoms with Gasteiger partial charge in [-0.2, -0.15) is 5.10 Å². The molecule has 1 aromatic rings. The van der Waals surface area contributed by atoms with Gasteiger partial charge in [-0.15, -0.1) is 0 Å². The number of nitrogens with one attached hydrogen (secondary N) is 1. The summed E-state index contributed by atoms with van der Waals surface area (Å²) in [5.74, 6) is 0.778. The molecule has 2 heterocycles. The van der Waals surface area contributed by atoms with Gasteiger partial charge in [-0.1, -0.05) is 58.3 Å². The van der Waals surface area contributed by atoms with Crippen molar-refractivity contribution < 1.29 is 9.59 Å². The molecule has 0 saturated carbocycles. The lowest BCUT2D eigenvalue weighted by Gasteiger charge is -2.16. The zero-order valence-electron chi connectivity index (χ0n) is 18.0. The fraction of sp³-hybridized carbons (Fsp3) is 0.773. The lowest BCUT2D eigenvalue weighted by Crippen LogP contribution is -2.31. The summed E-state index contributed by atoms with van der Waals surface area (Å²) in [6.45, 7) is 5.38. The van der Waals surface area contributed by atoms with E-state index in [0.717, 1.165) is 25.0 Å². The molecule has 158 valence electrons. The second-order valence-electron chi connectivity index (χ2n) is 8.19. The van der Waals surface area contributed by atoms with Crippen LogP contribution in [0.15, 0.2) is 6.07 Å². The van der Waals surface area contributed by atoms with Crippen molar-refractivity contribution >= 4 is 17.6 Å². The highest BCUT2D eigenvalue weighted by Gasteiger charge is 2.31. The minimum Gasteiger partial charge on any atom is -0.342 e. The molecule has 6 heteroatoms. The highest BCUT2D eigenvalue weighted by atomic mass is 16.2. The van der Waals surface area contributed by atoms with E-state index in [1.165, 1.54) is 44.9 Å². The van der Waals surface area contributed by atoms with Crippen LogP contribution < -0.4 is 5.32 Å². The van der Waals surface area contributed by atoms with Crippen LogP contribution in [0.2, 0.25) is 0 Å². The first-order valence-electron chi connectivity index (χ1n) is 11.1. The summed E-state index contributed by atoms with van der Waals surface area (Å²) in [5, 5.41) is 7.19. The molecule has 0 bridgehead atoms. The van der Waals surface area contributed by atoms with Gasteiger partial charge < -0.3 is 10.2 Å². The number of hydrogen-bond acceptors (Lipinski definition) is 3. The summed E-state index contributed by atoms with van der Waals surface area (Å²) in [7, 11) is 1.82. The standard InChI is InChI=1S/C22H38N4O2/c1-4-5-6-7-8-9-10-11-12-13-21(27)26-15-14-19(17-26)22(28)23-20-16-18(2)24-25(20)3/h16,19H,4-15,17H2,1-3H3,(H,23,28). The van der Waals surface area contributed by atoms with Gasteiger partial charge in [-0.3, -0.25) is 14.3 Å². The fourth-order valence-electron chi connectivity index (χ4n) is 3.90. The number of hydrogen-bond donors (Lipinski definition) is 1. The SMILES string of the molecule is CCCCCCCCCCCC(=O)N1CCC(C(=O)Nc2cc(C)nn2C)C1. The summed E-state index contributed by atoms with van der Waals surface area (Å²) in [6, 6.07) is 1.86. The Bertz CT molecular complexity index is 626. The molecule has 1 unspecified atom stereocenters. The average molecular weight is 391 g/mol. The van der Waals surface area contributed by atoms with Crippen molar-refractivity contribution in [2.24, 2.45) is 13.0 Å². The molecule has 1 aromatic heterocycles. The fourth-order valence-corrected chi connectivity index (χ4v) is 3.90. The normalized spacial score (nSPS) is 16.5. The molecule has 0 aliphatic carbocycles. The van der Waals surface area contributed by atoms with Crippen LogP contribution in [0.5, 0.6) is 0 Å². The molecule has 2 amide bonds. The molecule has 1 fully saturated rings. The minimum atomic E-state index is -0.123. The van der Waals surface area contributed by atoms with E-state index >= 15 is 0 Å². The van der Waals surface area contributed by atoms with E-state index in [0.29, 0.717) is 25.3 Å². The number of likely N-dealkylation sites (tertiary alicyclic amines) is 1. The van der Waals surface area contributed by atoms with E-state index in [4.69, 9.17) is 0 Å². The Balaban J connectivity index is 1.59. The van der Waals surface area contributed by atoms with Crippen LogP contribution in [0.4, 0.5) is 5.82 Å². The molecular weight excluding hydrogens is 352 g/mol. The van der Waals surface area contributed by atoms with Crippen molar-refractivity contribution in [2.45, 2.75) is 84.5 Å². The lowest BCUT2D eigenvalue weighted by atomic mass is 10.1. The first-order valence-corrected chi connectivity index (χ1v) is 11.1. The van der Waals surface area contributed by atoms with E-state index in [-0.39, 0.29) is 17.7 Å². The Hall–Kier alpha value is -1.85. The zero-order valence-corrected chi connectivity index (χ0v) is 18.0. The van der Waals surface area contributed by atoms with Crippen LogP contribution in [-0.2, 0) is 16.6 Å². The molecule has 28 heavy (non-hydrogen) atoms. The summed E-state index contributed by atoms with van der Waals surface area (Å²) in [6.07, 6.45) is 12.7. The van der Waals surface area contributed by atoms with Crippen molar-refractivity contribution in [3.63, 3.8) is 0 Å². The number of unbranched alkanes of at least 4 members (excludes halogenated alkanes) is 8. The average Bonchev–Trinajstić information content (AvgIpc) is 3.27. The van der Waals surface area contributed by atoms with E-state index in [2.05, 4.69) is 17.3 Å². The van der Waals surface area contributed by atoms with Crippen LogP contribution in [-0.4, -0.2) is 39.6 Å². The quantitative estimate of drug-likeness (QED) is 0.537. The summed E-state index contributed by atoms with van der Waals surface area (Å²) in [4.78, 5) is 26.8. The Morgan fingerprint density at radius 1 is 1.11 bits per heavy atom. The Morgan fingerprint density at radius 2 is 1.75 bits per heavy atom. The topological polar surface area (TPSA) is 67.2 Å². The van der Waals surface area contributed by atoms with Crippen molar-refractivity contribution in [3.05, 3.63) is 11.8 Å². The molecule has 1 N–H and O–H groups in total. The van der Waals surface area contributed by atoms with Gasteiger partial charge in [-0.05, 0) is 19.8 Å². The maximum absolute atomic E-state index is 12.5. The summed E-state index contributed by atoms with van der Waals surface area (Å²) in [5.41, 5.74) is 0.877. The lowest BCUT2D eigenvalue weighted by molar-refractivity contribution is -0.130. The molecule has 0 aromatic carbocycles.